The molecule has 0 rings (SSSR count). The first-order valence-corrected chi connectivity index (χ1v) is 30.4. The average molecular weight is 1010 g/mol. The number of hydrogen-bond acceptors (Lipinski definition) is 6. The van der Waals surface area contributed by atoms with Crippen LogP contribution < -0.4 is 0 Å². The number of carbonyl (C=O) groups is 3. The number of allylic oxidation sites excluding steroid dienone is 18. The van der Waals surface area contributed by atoms with Crippen LogP contribution in [-0.4, -0.2) is 37.2 Å². The summed E-state index contributed by atoms with van der Waals surface area (Å²) in [6.45, 7) is 6.46. The van der Waals surface area contributed by atoms with Gasteiger partial charge < -0.3 is 14.2 Å². The molecular weight excluding hydrogens is 901 g/mol. The molecule has 0 aromatic carbocycles. The molecule has 1 atom stereocenters. The normalized spacial score (nSPS) is 12.9. The number of esters is 3. The molecule has 0 fully saturated rings. The topological polar surface area (TPSA) is 78.9 Å². The van der Waals surface area contributed by atoms with Gasteiger partial charge in [-0.1, -0.05) is 239 Å². The quantitative estimate of drug-likeness (QED) is 0.0261. The van der Waals surface area contributed by atoms with Gasteiger partial charge >= 0.3 is 17.9 Å². The third-order valence-corrected chi connectivity index (χ3v) is 12.7. The summed E-state index contributed by atoms with van der Waals surface area (Å²) in [7, 11) is 0. The van der Waals surface area contributed by atoms with Gasteiger partial charge in [0.15, 0.2) is 6.10 Å². The molecule has 0 saturated heterocycles. The Labute approximate surface area is 450 Å². The Hall–Kier alpha value is -3.93. The van der Waals surface area contributed by atoms with Gasteiger partial charge in [0.1, 0.15) is 13.2 Å². The number of carbonyl (C=O) groups excluding carboxylic acids is 3. The lowest BCUT2D eigenvalue weighted by molar-refractivity contribution is -0.167. The number of ether oxygens (including phenoxy) is 3. The van der Waals surface area contributed by atoms with Gasteiger partial charge in [-0.2, -0.15) is 0 Å². The second kappa shape index (κ2) is 60.6. The van der Waals surface area contributed by atoms with Crippen molar-refractivity contribution in [3.63, 3.8) is 0 Å². The van der Waals surface area contributed by atoms with Crippen LogP contribution >= 0.6 is 0 Å². The van der Waals surface area contributed by atoms with Gasteiger partial charge in [-0.15, -0.1) is 0 Å². The molecule has 0 radical (unpaired) electrons. The fourth-order valence-electron chi connectivity index (χ4n) is 8.18. The second-order valence-corrected chi connectivity index (χ2v) is 19.9. The molecule has 0 aliphatic carbocycles. The summed E-state index contributed by atoms with van der Waals surface area (Å²) in [6.07, 6.45) is 82.2. The molecule has 0 aromatic rings. The van der Waals surface area contributed by atoms with Crippen molar-refractivity contribution in [1.82, 2.24) is 0 Å². The van der Waals surface area contributed by atoms with E-state index in [4.69, 9.17) is 14.2 Å². The van der Waals surface area contributed by atoms with E-state index in [1.54, 1.807) is 0 Å². The molecule has 0 saturated carbocycles. The van der Waals surface area contributed by atoms with Crippen molar-refractivity contribution in [2.45, 2.75) is 284 Å². The van der Waals surface area contributed by atoms with Crippen LogP contribution in [0.1, 0.15) is 278 Å². The van der Waals surface area contributed by atoms with E-state index in [1.165, 1.54) is 116 Å². The van der Waals surface area contributed by atoms with Gasteiger partial charge in [0.25, 0.3) is 0 Å². The Morgan fingerprint density at radius 1 is 0.288 bits per heavy atom. The van der Waals surface area contributed by atoms with E-state index >= 15 is 0 Å². The molecule has 0 heterocycles. The molecule has 416 valence electrons. The van der Waals surface area contributed by atoms with Gasteiger partial charge in [0.2, 0.25) is 0 Å². The van der Waals surface area contributed by atoms with Crippen LogP contribution in [0.5, 0.6) is 0 Å². The molecule has 0 N–H and O–H groups in total. The van der Waals surface area contributed by atoms with E-state index in [9.17, 15) is 14.4 Å². The van der Waals surface area contributed by atoms with Crippen molar-refractivity contribution < 1.29 is 28.6 Å². The van der Waals surface area contributed by atoms with Gasteiger partial charge in [0.05, 0.1) is 0 Å². The van der Waals surface area contributed by atoms with Crippen LogP contribution in [0, 0.1) is 0 Å². The number of hydrogen-bond donors (Lipinski definition) is 0. The standard InChI is InChI=1S/C67H112O6/c1-4-7-10-13-16-19-22-25-28-31-33-36-39-42-45-48-51-54-57-60-66(69)72-63-64(62-71-65(68)59-56-53-50-47-44-41-38-35-30-27-24-21-18-15-12-9-6-3)73-67(70)61-58-55-52-49-46-43-40-37-34-32-29-26-23-20-17-14-11-8-5-2/h7,10,16-17,19-20,25-30,33-34,36-37,42,45,64H,4-6,8-9,11-15,18,21-24,31-32,35,38-41,43-44,46-63H2,1-3H3/b10-7-,19-16-,20-17-,28-25-,29-26-,30-27-,36-33-,37-34-,45-42-. The first-order chi connectivity index (χ1) is 36.0. The van der Waals surface area contributed by atoms with Crippen molar-refractivity contribution in [1.29, 1.82) is 0 Å². The molecule has 6 nitrogen and oxygen atoms in total. The Bertz CT molecular complexity index is 1490. The van der Waals surface area contributed by atoms with Crippen molar-refractivity contribution in [2.24, 2.45) is 0 Å². The molecule has 0 aromatic heterocycles. The highest BCUT2D eigenvalue weighted by molar-refractivity contribution is 5.71. The molecule has 0 spiro atoms. The summed E-state index contributed by atoms with van der Waals surface area (Å²) < 4.78 is 16.9. The van der Waals surface area contributed by atoms with E-state index in [0.717, 1.165) is 122 Å². The molecule has 73 heavy (non-hydrogen) atoms. The van der Waals surface area contributed by atoms with Crippen molar-refractivity contribution in [2.75, 3.05) is 13.2 Å². The Morgan fingerprint density at radius 2 is 0.534 bits per heavy atom. The summed E-state index contributed by atoms with van der Waals surface area (Å²) in [4.78, 5) is 38.3. The first kappa shape index (κ1) is 69.1. The fourth-order valence-corrected chi connectivity index (χ4v) is 8.18. The van der Waals surface area contributed by atoms with E-state index in [-0.39, 0.29) is 31.1 Å². The third-order valence-electron chi connectivity index (χ3n) is 12.7. The lowest BCUT2D eigenvalue weighted by atomic mass is 10.1. The van der Waals surface area contributed by atoms with Crippen LogP contribution in [0.3, 0.4) is 0 Å². The zero-order valence-electron chi connectivity index (χ0n) is 47.6. The SMILES string of the molecule is CC/C=C\C/C=C\C/C=C\C/C=C\C/C=C\CCCCCC(=O)OCC(COC(=O)CCCCCCCCC/C=C\CCCCCCCC)OC(=O)CCCCCCCC/C=C\C/C=C\C/C=C\CCCCC. The third kappa shape index (κ3) is 58.8. The van der Waals surface area contributed by atoms with E-state index in [1.807, 2.05) is 0 Å². The van der Waals surface area contributed by atoms with Gasteiger partial charge in [-0.3, -0.25) is 14.4 Å². The van der Waals surface area contributed by atoms with Crippen LogP contribution in [0.25, 0.3) is 0 Å². The number of rotatable bonds is 54. The monoisotopic (exact) mass is 1010 g/mol. The predicted octanol–water partition coefficient (Wildman–Crippen LogP) is 20.7. The minimum absolute atomic E-state index is 0.0974. The first-order valence-electron chi connectivity index (χ1n) is 30.4. The summed E-state index contributed by atoms with van der Waals surface area (Å²) in [5.41, 5.74) is 0. The van der Waals surface area contributed by atoms with Crippen LogP contribution in [0.15, 0.2) is 109 Å². The number of unbranched alkanes of at least 4 members (excludes halogenated alkanes) is 25. The van der Waals surface area contributed by atoms with E-state index < -0.39 is 6.10 Å². The molecular formula is C67H112O6. The molecule has 0 aliphatic rings. The van der Waals surface area contributed by atoms with E-state index in [0.29, 0.717) is 19.3 Å². The maximum atomic E-state index is 12.9. The maximum absolute atomic E-state index is 12.9. The summed E-state index contributed by atoms with van der Waals surface area (Å²) in [5, 5.41) is 0. The molecule has 6 heteroatoms. The Balaban J connectivity index is 4.49. The minimum atomic E-state index is -0.804. The Kier molecular flexibility index (Phi) is 57.4. The molecule has 0 amide bonds. The zero-order chi connectivity index (χ0) is 52.9. The lowest BCUT2D eigenvalue weighted by Crippen LogP contribution is -2.30. The summed E-state index contributed by atoms with van der Waals surface area (Å²) >= 11 is 0. The maximum Gasteiger partial charge on any atom is 0.306 e. The van der Waals surface area contributed by atoms with Gasteiger partial charge in [-0.05, 0) is 128 Å². The highest BCUT2D eigenvalue weighted by Crippen LogP contribution is 2.14. The minimum Gasteiger partial charge on any atom is -0.462 e. The van der Waals surface area contributed by atoms with Crippen molar-refractivity contribution in [3.05, 3.63) is 109 Å². The average Bonchev–Trinajstić information content (AvgIpc) is 3.39. The summed E-state index contributed by atoms with van der Waals surface area (Å²) in [6, 6.07) is 0. The molecule has 0 aliphatic heterocycles. The summed E-state index contributed by atoms with van der Waals surface area (Å²) in [5.74, 6) is -0.944. The van der Waals surface area contributed by atoms with E-state index in [2.05, 4.69) is 130 Å². The van der Waals surface area contributed by atoms with Gasteiger partial charge in [0, 0.05) is 19.3 Å². The van der Waals surface area contributed by atoms with Crippen LogP contribution in [0.2, 0.25) is 0 Å². The fraction of sp³-hybridized carbons (Fsp3) is 0.687. The lowest BCUT2D eigenvalue weighted by Gasteiger charge is -2.18. The highest BCUT2D eigenvalue weighted by Gasteiger charge is 2.19. The predicted molar refractivity (Wildman–Crippen MR) is 316 cm³/mol. The molecule has 0 bridgehead atoms. The van der Waals surface area contributed by atoms with Crippen molar-refractivity contribution >= 4 is 17.9 Å². The zero-order valence-corrected chi connectivity index (χ0v) is 47.6. The van der Waals surface area contributed by atoms with Gasteiger partial charge in [-0.25, -0.2) is 0 Å². The highest BCUT2D eigenvalue weighted by atomic mass is 16.6. The van der Waals surface area contributed by atoms with Crippen LogP contribution in [-0.2, 0) is 28.6 Å². The molecule has 1 unspecified atom stereocenters. The van der Waals surface area contributed by atoms with Crippen LogP contribution in [0.4, 0.5) is 0 Å². The van der Waals surface area contributed by atoms with Crippen molar-refractivity contribution in [3.8, 4) is 0 Å². The Morgan fingerprint density at radius 3 is 0.890 bits per heavy atom. The largest absolute Gasteiger partial charge is 0.462 e. The smallest absolute Gasteiger partial charge is 0.306 e. The second-order valence-electron chi connectivity index (χ2n) is 19.9.